The maximum absolute atomic E-state index is 13.8. The predicted molar refractivity (Wildman–Crippen MR) is 141 cm³/mol. The Bertz CT molecular complexity index is 1270. The highest BCUT2D eigenvalue weighted by atomic mass is 35.5. The Morgan fingerprint density at radius 3 is 2.58 bits per heavy atom. The van der Waals surface area contributed by atoms with Crippen LogP contribution in [0.25, 0.3) is 0 Å². The first-order valence-electron chi connectivity index (χ1n) is 12.8. The van der Waals surface area contributed by atoms with Crippen molar-refractivity contribution in [2.24, 2.45) is 5.41 Å². The molecule has 3 N–H and O–H groups in total. The molecule has 1 aliphatic heterocycles. The van der Waals surface area contributed by atoms with Crippen molar-refractivity contribution >= 4 is 33.4 Å². The van der Waals surface area contributed by atoms with Crippen molar-refractivity contribution in [3.05, 3.63) is 41.2 Å². The van der Waals surface area contributed by atoms with Crippen LogP contribution < -0.4 is 10.0 Å². The summed E-state index contributed by atoms with van der Waals surface area (Å²) in [6.07, 6.45) is 3.57. The van der Waals surface area contributed by atoms with Crippen LogP contribution in [0.2, 0.25) is 5.02 Å². The van der Waals surface area contributed by atoms with Gasteiger partial charge in [0.15, 0.2) is 0 Å². The Morgan fingerprint density at radius 1 is 1.21 bits per heavy atom. The van der Waals surface area contributed by atoms with Gasteiger partial charge < -0.3 is 15.3 Å². The second-order valence-electron chi connectivity index (χ2n) is 11.0. The van der Waals surface area contributed by atoms with E-state index in [2.05, 4.69) is 20.4 Å². The maximum Gasteiger partial charge on any atom is 0.248 e. The van der Waals surface area contributed by atoms with Gasteiger partial charge in [0, 0.05) is 38.2 Å². The molecule has 2 heterocycles. The summed E-state index contributed by atoms with van der Waals surface area (Å²) >= 11 is 5.98. The van der Waals surface area contributed by atoms with Gasteiger partial charge in [-0.05, 0) is 36.8 Å². The number of carbonyl (C=O) groups excluding carboxylic acids is 2. The lowest BCUT2D eigenvalue weighted by Crippen LogP contribution is -2.50. The highest BCUT2D eigenvalue weighted by molar-refractivity contribution is 7.89. The highest BCUT2D eigenvalue weighted by Crippen LogP contribution is 2.40. The van der Waals surface area contributed by atoms with E-state index in [1.54, 1.807) is 16.8 Å². The molecule has 38 heavy (non-hydrogen) atoms. The fourth-order valence-corrected chi connectivity index (χ4v) is 6.28. The molecule has 2 aliphatic rings. The first-order valence-corrected chi connectivity index (χ1v) is 14.7. The molecular weight excluding hydrogens is 532 g/mol. The molecule has 0 radical (unpaired) electrons. The SMILES string of the molecule is CC(C)(C)[C@@H](C(=O)N1C[C@H](O)C[C@H]1C(=O)NCCCNS(=O)(=O)c1ccccc1Cl)n1cc(C2CC2)nn1. The lowest BCUT2D eigenvalue weighted by Gasteiger charge is -2.34. The van der Waals surface area contributed by atoms with Crippen molar-refractivity contribution < 1.29 is 23.1 Å². The quantitative estimate of drug-likeness (QED) is 0.372. The number of amides is 2. The van der Waals surface area contributed by atoms with E-state index in [0.717, 1.165) is 18.5 Å². The van der Waals surface area contributed by atoms with E-state index < -0.39 is 39.5 Å². The fourth-order valence-electron chi connectivity index (χ4n) is 4.69. The molecule has 3 atom stereocenters. The number of β-amino-alcohol motifs (C(OH)–C–C–N with tert-alkyl or cyclic N) is 1. The molecule has 1 saturated heterocycles. The van der Waals surface area contributed by atoms with Gasteiger partial charge in [0.05, 0.1) is 16.8 Å². The Kier molecular flexibility index (Phi) is 8.46. The number of sulfonamides is 1. The maximum atomic E-state index is 13.8. The average Bonchev–Trinajstić information content (AvgIpc) is 3.44. The summed E-state index contributed by atoms with van der Waals surface area (Å²) in [5.41, 5.74) is 0.354. The summed E-state index contributed by atoms with van der Waals surface area (Å²) in [5, 5.41) is 21.7. The van der Waals surface area contributed by atoms with E-state index in [0.29, 0.717) is 12.3 Å². The first kappa shape index (κ1) is 28.5. The van der Waals surface area contributed by atoms with Crippen LogP contribution in [0.3, 0.4) is 0 Å². The van der Waals surface area contributed by atoms with Crippen LogP contribution in [-0.4, -0.2) is 77.0 Å². The Labute approximate surface area is 228 Å². The summed E-state index contributed by atoms with van der Waals surface area (Å²) < 4.78 is 29.0. The molecule has 2 amide bonds. The molecule has 1 aromatic heterocycles. The molecule has 11 nitrogen and oxygen atoms in total. The van der Waals surface area contributed by atoms with Gasteiger partial charge in [-0.15, -0.1) is 5.10 Å². The molecule has 0 unspecified atom stereocenters. The number of likely N-dealkylation sites (tertiary alicyclic amines) is 1. The fraction of sp³-hybridized carbons (Fsp3) is 0.600. The Balaban J connectivity index is 1.35. The lowest BCUT2D eigenvalue weighted by molar-refractivity contribution is -0.144. The number of aromatic nitrogens is 3. The summed E-state index contributed by atoms with van der Waals surface area (Å²) in [7, 11) is -3.78. The van der Waals surface area contributed by atoms with E-state index in [-0.39, 0.29) is 41.9 Å². The monoisotopic (exact) mass is 566 g/mol. The van der Waals surface area contributed by atoms with Gasteiger partial charge in [-0.1, -0.05) is 49.7 Å². The molecule has 4 rings (SSSR count). The number of halogens is 1. The van der Waals surface area contributed by atoms with Crippen molar-refractivity contribution in [3.8, 4) is 0 Å². The summed E-state index contributed by atoms with van der Waals surface area (Å²) in [6, 6.07) is 4.61. The van der Waals surface area contributed by atoms with Crippen LogP contribution in [0.5, 0.6) is 0 Å². The Morgan fingerprint density at radius 2 is 1.92 bits per heavy atom. The third kappa shape index (κ3) is 6.53. The zero-order chi connectivity index (χ0) is 27.7. The van der Waals surface area contributed by atoms with Crippen LogP contribution in [0.15, 0.2) is 35.4 Å². The molecule has 1 saturated carbocycles. The summed E-state index contributed by atoms with van der Waals surface area (Å²) in [6.45, 7) is 6.11. The van der Waals surface area contributed by atoms with Crippen LogP contribution in [0.4, 0.5) is 0 Å². The molecule has 0 bridgehead atoms. The minimum absolute atomic E-state index is 0.00941. The minimum Gasteiger partial charge on any atom is -0.391 e. The van der Waals surface area contributed by atoms with E-state index in [1.165, 1.54) is 17.0 Å². The normalized spacial score (nSPS) is 20.9. The van der Waals surface area contributed by atoms with Gasteiger partial charge in [0.2, 0.25) is 21.8 Å². The van der Waals surface area contributed by atoms with Gasteiger partial charge in [-0.3, -0.25) is 9.59 Å². The summed E-state index contributed by atoms with van der Waals surface area (Å²) in [4.78, 5) is 28.2. The molecule has 208 valence electrons. The molecule has 2 aromatic rings. The number of hydrogen-bond donors (Lipinski definition) is 3. The van der Waals surface area contributed by atoms with Crippen LogP contribution in [0.1, 0.15) is 64.1 Å². The molecular formula is C25H35ClN6O5S. The highest BCUT2D eigenvalue weighted by Gasteiger charge is 2.45. The average molecular weight is 567 g/mol. The molecule has 0 spiro atoms. The minimum atomic E-state index is -3.78. The van der Waals surface area contributed by atoms with Crippen LogP contribution in [0, 0.1) is 5.41 Å². The number of aliphatic hydroxyl groups excluding tert-OH is 1. The van der Waals surface area contributed by atoms with Crippen LogP contribution in [-0.2, 0) is 19.6 Å². The first-order chi connectivity index (χ1) is 17.9. The number of aliphatic hydroxyl groups is 1. The smallest absolute Gasteiger partial charge is 0.248 e. The zero-order valence-corrected chi connectivity index (χ0v) is 23.4. The van der Waals surface area contributed by atoms with Gasteiger partial charge in [0.1, 0.15) is 17.0 Å². The third-order valence-corrected chi connectivity index (χ3v) is 8.74. The van der Waals surface area contributed by atoms with Crippen molar-refractivity contribution in [1.29, 1.82) is 0 Å². The Hall–Kier alpha value is -2.54. The molecule has 13 heteroatoms. The molecule has 2 fully saturated rings. The van der Waals surface area contributed by atoms with Crippen molar-refractivity contribution in [2.45, 2.75) is 75.5 Å². The molecule has 1 aliphatic carbocycles. The van der Waals surface area contributed by atoms with Gasteiger partial charge in [0.25, 0.3) is 0 Å². The number of nitrogens with zero attached hydrogens (tertiary/aromatic N) is 4. The van der Waals surface area contributed by atoms with E-state index in [1.807, 2.05) is 27.0 Å². The van der Waals surface area contributed by atoms with E-state index in [9.17, 15) is 23.1 Å². The van der Waals surface area contributed by atoms with E-state index >= 15 is 0 Å². The number of hydrogen-bond acceptors (Lipinski definition) is 7. The van der Waals surface area contributed by atoms with Crippen LogP contribution >= 0.6 is 11.6 Å². The zero-order valence-electron chi connectivity index (χ0n) is 21.8. The number of benzene rings is 1. The van der Waals surface area contributed by atoms with Gasteiger partial charge >= 0.3 is 0 Å². The lowest BCUT2D eigenvalue weighted by atomic mass is 9.85. The van der Waals surface area contributed by atoms with Gasteiger partial charge in [-0.25, -0.2) is 17.8 Å². The second-order valence-corrected chi connectivity index (χ2v) is 13.2. The van der Waals surface area contributed by atoms with Gasteiger partial charge in [-0.2, -0.15) is 0 Å². The second kappa shape index (κ2) is 11.3. The number of carbonyl (C=O) groups is 2. The topological polar surface area (TPSA) is 147 Å². The predicted octanol–water partition coefficient (Wildman–Crippen LogP) is 1.84. The number of rotatable bonds is 10. The van der Waals surface area contributed by atoms with Crippen molar-refractivity contribution in [3.63, 3.8) is 0 Å². The summed E-state index contributed by atoms with van der Waals surface area (Å²) in [5.74, 6) is -0.302. The third-order valence-electron chi connectivity index (χ3n) is 6.78. The number of nitrogens with one attached hydrogen (secondary N) is 2. The van der Waals surface area contributed by atoms with E-state index in [4.69, 9.17) is 11.6 Å². The standard InChI is InChI=1S/C25H35ClN6O5S/c1-25(2,3)22(32-15-19(29-30-32)16-9-10-16)24(35)31-14-17(33)13-20(31)23(34)27-11-6-12-28-38(36,37)21-8-5-4-7-18(21)26/h4-5,7-8,15-17,20,22,28,33H,6,9-14H2,1-3H3,(H,27,34)/t17-,20+,22-/m1/s1. The largest absolute Gasteiger partial charge is 0.391 e. The van der Waals surface area contributed by atoms with Crippen molar-refractivity contribution in [1.82, 2.24) is 29.9 Å². The van der Waals surface area contributed by atoms with Crippen molar-refractivity contribution in [2.75, 3.05) is 19.6 Å². The molecule has 1 aromatic carbocycles.